The Kier molecular flexibility index (Phi) is 6.78. The lowest BCUT2D eigenvalue weighted by Crippen LogP contribution is -2.41. The average Bonchev–Trinajstić information content (AvgIpc) is 2.36. The van der Waals surface area contributed by atoms with Crippen molar-refractivity contribution in [1.29, 1.82) is 0 Å². The Labute approximate surface area is 136 Å². The number of benzene rings is 1. The van der Waals surface area contributed by atoms with Crippen molar-refractivity contribution in [1.82, 2.24) is 10.7 Å². The number of amides is 1. The zero-order valence-corrected chi connectivity index (χ0v) is 13.8. The van der Waals surface area contributed by atoms with E-state index in [1.54, 1.807) is 20.8 Å². The van der Waals surface area contributed by atoms with Crippen molar-refractivity contribution < 1.29 is 9.53 Å². The van der Waals surface area contributed by atoms with Gasteiger partial charge in [0.2, 0.25) is 0 Å². The van der Waals surface area contributed by atoms with Crippen molar-refractivity contribution in [3.05, 3.63) is 35.9 Å². The second-order valence-corrected chi connectivity index (χ2v) is 6.14. The molecule has 0 spiro atoms. The number of nitrogens with two attached hydrogens (primary N) is 1. The first-order valence-electron chi connectivity index (χ1n) is 6.88. The zero-order chi connectivity index (χ0) is 16.6. The van der Waals surface area contributed by atoms with Crippen LogP contribution < -0.4 is 16.5 Å². The molecular weight excluding hydrogens is 300 g/mol. The molecule has 1 atom stereocenters. The number of nitrogens with one attached hydrogen (secondary N) is 2. The number of ether oxygens (including phenoxy) is 1. The van der Waals surface area contributed by atoms with Crippen LogP contribution in [-0.4, -0.2) is 29.1 Å². The minimum absolute atomic E-state index is 0.0620. The third-order valence-corrected chi connectivity index (χ3v) is 2.52. The predicted molar refractivity (Wildman–Crippen MR) is 91.7 cm³/mol. The van der Waals surface area contributed by atoms with Gasteiger partial charge in [0.1, 0.15) is 5.60 Å². The summed E-state index contributed by atoms with van der Waals surface area (Å²) in [6, 6.07) is 9.40. The maximum Gasteiger partial charge on any atom is 0.408 e. The van der Waals surface area contributed by atoms with Gasteiger partial charge in [0.15, 0.2) is 5.11 Å². The van der Waals surface area contributed by atoms with Crippen LogP contribution in [0.25, 0.3) is 0 Å². The predicted octanol–water partition coefficient (Wildman–Crippen LogP) is 1.94. The maximum absolute atomic E-state index is 11.9. The van der Waals surface area contributed by atoms with Crippen LogP contribution in [0.1, 0.15) is 26.3 Å². The summed E-state index contributed by atoms with van der Waals surface area (Å²) in [6.07, 6.45) is 1.61. The van der Waals surface area contributed by atoms with Gasteiger partial charge in [-0.05, 0) is 45.0 Å². The Bertz CT molecular complexity index is 526. The monoisotopic (exact) mass is 322 g/mol. The van der Waals surface area contributed by atoms with Crippen molar-refractivity contribution >= 4 is 29.6 Å². The van der Waals surface area contributed by atoms with E-state index in [4.69, 9.17) is 10.5 Å². The molecule has 1 aromatic rings. The van der Waals surface area contributed by atoms with E-state index >= 15 is 0 Å². The molecule has 0 saturated heterocycles. The summed E-state index contributed by atoms with van der Waals surface area (Å²) in [5.41, 5.74) is 8.28. The van der Waals surface area contributed by atoms with Gasteiger partial charge in [0.25, 0.3) is 0 Å². The van der Waals surface area contributed by atoms with E-state index in [0.717, 1.165) is 5.56 Å². The number of rotatable bonds is 5. The van der Waals surface area contributed by atoms with Crippen LogP contribution in [0.15, 0.2) is 35.4 Å². The number of carbonyl (C=O) groups is 1. The van der Waals surface area contributed by atoms with E-state index in [1.807, 2.05) is 30.3 Å². The molecule has 1 unspecified atom stereocenters. The molecule has 4 N–H and O–H groups in total. The minimum atomic E-state index is -0.560. The fourth-order valence-electron chi connectivity index (χ4n) is 1.66. The van der Waals surface area contributed by atoms with Crippen LogP contribution in [0.2, 0.25) is 0 Å². The average molecular weight is 322 g/mol. The first-order chi connectivity index (χ1) is 10.3. The highest BCUT2D eigenvalue weighted by Crippen LogP contribution is 2.08. The number of thiocarbonyl (C=S) groups is 1. The van der Waals surface area contributed by atoms with Gasteiger partial charge in [-0.1, -0.05) is 30.3 Å². The van der Waals surface area contributed by atoms with E-state index < -0.39 is 11.7 Å². The molecule has 1 aromatic carbocycles. The van der Waals surface area contributed by atoms with Crippen molar-refractivity contribution in [3.63, 3.8) is 0 Å². The molecule has 0 aliphatic rings. The number of hydrogen-bond acceptors (Lipinski definition) is 4. The van der Waals surface area contributed by atoms with Crippen molar-refractivity contribution in [2.75, 3.05) is 0 Å². The van der Waals surface area contributed by atoms with E-state index in [1.165, 1.54) is 6.21 Å². The molecule has 0 radical (unpaired) electrons. The van der Waals surface area contributed by atoms with Crippen molar-refractivity contribution in [2.45, 2.75) is 38.8 Å². The van der Waals surface area contributed by atoms with Gasteiger partial charge >= 0.3 is 6.09 Å². The molecule has 1 rings (SSSR count). The quantitative estimate of drug-likeness (QED) is 0.438. The first-order valence-corrected chi connectivity index (χ1v) is 7.29. The third kappa shape index (κ3) is 8.21. The van der Waals surface area contributed by atoms with Crippen LogP contribution in [0.4, 0.5) is 4.79 Å². The Hall–Kier alpha value is -2.15. The molecule has 0 aliphatic heterocycles. The van der Waals surface area contributed by atoms with Crippen LogP contribution >= 0.6 is 12.2 Å². The Morgan fingerprint density at radius 1 is 1.41 bits per heavy atom. The van der Waals surface area contributed by atoms with Crippen molar-refractivity contribution in [3.8, 4) is 0 Å². The SMILES string of the molecule is CC(C)(C)OC(=O)NC(/C=N/NC(N)=S)Cc1ccccc1. The highest BCUT2D eigenvalue weighted by Gasteiger charge is 2.19. The van der Waals surface area contributed by atoms with E-state index in [0.29, 0.717) is 6.42 Å². The number of carbonyl (C=O) groups excluding carboxylic acids is 1. The molecule has 0 aliphatic carbocycles. The molecule has 22 heavy (non-hydrogen) atoms. The molecular formula is C15H22N4O2S. The minimum Gasteiger partial charge on any atom is -0.444 e. The summed E-state index contributed by atoms with van der Waals surface area (Å²) < 4.78 is 5.25. The second-order valence-electron chi connectivity index (χ2n) is 5.70. The zero-order valence-electron chi connectivity index (χ0n) is 13.0. The van der Waals surface area contributed by atoms with E-state index in [9.17, 15) is 4.79 Å². The van der Waals surface area contributed by atoms with Crippen LogP contribution in [0.5, 0.6) is 0 Å². The lowest BCUT2D eigenvalue weighted by atomic mass is 10.1. The summed E-state index contributed by atoms with van der Waals surface area (Å²) >= 11 is 4.68. The number of hydrogen-bond donors (Lipinski definition) is 3. The maximum atomic E-state index is 11.9. The van der Waals surface area contributed by atoms with Gasteiger partial charge < -0.3 is 15.8 Å². The van der Waals surface area contributed by atoms with Gasteiger partial charge in [-0.2, -0.15) is 5.10 Å². The normalized spacial score (nSPS) is 12.7. The lowest BCUT2D eigenvalue weighted by molar-refractivity contribution is 0.0519. The molecule has 0 heterocycles. The second kappa shape index (κ2) is 8.33. The van der Waals surface area contributed by atoms with E-state index in [2.05, 4.69) is 28.1 Å². The summed E-state index contributed by atoms with van der Waals surface area (Å²) in [6.45, 7) is 5.42. The molecule has 0 saturated carbocycles. The van der Waals surface area contributed by atoms with Gasteiger partial charge in [0.05, 0.1) is 6.04 Å². The molecule has 0 fully saturated rings. The highest BCUT2D eigenvalue weighted by atomic mass is 32.1. The molecule has 0 aromatic heterocycles. The summed E-state index contributed by atoms with van der Waals surface area (Å²) in [5, 5.41) is 6.73. The molecule has 120 valence electrons. The van der Waals surface area contributed by atoms with Crippen LogP contribution in [0, 0.1) is 0 Å². The Balaban J connectivity index is 2.71. The largest absolute Gasteiger partial charge is 0.444 e. The number of alkyl carbamates (subject to hydrolysis) is 1. The molecule has 1 amide bonds. The summed E-state index contributed by atoms with van der Waals surface area (Å²) in [7, 11) is 0. The third-order valence-electron chi connectivity index (χ3n) is 2.43. The topological polar surface area (TPSA) is 88.7 Å². The number of nitrogens with zero attached hydrogens (tertiary/aromatic N) is 1. The summed E-state index contributed by atoms with van der Waals surface area (Å²) in [4.78, 5) is 11.9. The molecule has 0 bridgehead atoms. The fraction of sp³-hybridized carbons (Fsp3) is 0.400. The van der Waals surface area contributed by atoms with Crippen LogP contribution in [0.3, 0.4) is 0 Å². The van der Waals surface area contributed by atoms with E-state index in [-0.39, 0.29) is 11.2 Å². The van der Waals surface area contributed by atoms with Gasteiger partial charge in [-0.3, -0.25) is 5.43 Å². The Morgan fingerprint density at radius 3 is 2.59 bits per heavy atom. The van der Waals surface area contributed by atoms with Gasteiger partial charge in [-0.15, -0.1) is 0 Å². The van der Waals surface area contributed by atoms with Crippen molar-refractivity contribution in [2.24, 2.45) is 10.8 Å². The first kappa shape index (κ1) is 17.9. The van der Waals surface area contributed by atoms with Gasteiger partial charge in [0, 0.05) is 6.21 Å². The smallest absolute Gasteiger partial charge is 0.408 e. The molecule has 7 heteroatoms. The number of hydrazone groups is 1. The highest BCUT2D eigenvalue weighted by molar-refractivity contribution is 7.80. The van der Waals surface area contributed by atoms with Crippen LogP contribution in [-0.2, 0) is 11.2 Å². The fourth-order valence-corrected chi connectivity index (χ4v) is 1.71. The van der Waals surface area contributed by atoms with Gasteiger partial charge in [-0.25, -0.2) is 4.79 Å². The Morgan fingerprint density at radius 2 is 2.05 bits per heavy atom. The lowest BCUT2D eigenvalue weighted by Gasteiger charge is -2.22. The summed E-state index contributed by atoms with van der Waals surface area (Å²) in [5.74, 6) is 0. The molecule has 6 nitrogen and oxygen atoms in total. The standard InChI is InChI=1S/C15H22N4O2S/c1-15(2,3)21-14(20)18-12(10-17-19-13(16)22)9-11-7-5-4-6-8-11/h4-8,10,12H,9H2,1-3H3,(H,18,20)(H3,16,19,22)/b17-10+.